The fourth-order valence-electron chi connectivity index (χ4n) is 3.65. The number of benzene rings is 1. The lowest BCUT2D eigenvalue weighted by molar-refractivity contribution is 0.0600. The molecule has 1 aliphatic carbocycles. The van der Waals surface area contributed by atoms with Crippen molar-refractivity contribution in [2.45, 2.75) is 45.4 Å². The third kappa shape index (κ3) is 3.18. The average molecular weight is 340 g/mol. The van der Waals surface area contributed by atoms with Gasteiger partial charge in [0.1, 0.15) is 0 Å². The van der Waals surface area contributed by atoms with E-state index in [2.05, 4.69) is 32.9 Å². The normalized spacial score (nSPS) is 16.2. The molecule has 0 amide bonds. The van der Waals surface area contributed by atoms with Gasteiger partial charge in [0.05, 0.1) is 12.7 Å². The molecule has 126 valence electrons. The van der Waals surface area contributed by atoms with Crippen molar-refractivity contribution < 1.29 is 9.53 Å². The summed E-state index contributed by atoms with van der Waals surface area (Å²) >= 11 is 1.93. The molecule has 1 aliphatic rings. The van der Waals surface area contributed by atoms with Crippen molar-refractivity contribution in [3.63, 3.8) is 0 Å². The predicted molar refractivity (Wildman–Crippen MR) is 102 cm³/mol. The second kappa shape index (κ2) is 6.56. The standard InChI is InChI=1S/C21H24O2S/c1-14-17(24-18-6-5-13-21(2,3)19(14)18)12-9-15-7-10-16(11-8-15)20(22)23-4/h7-12H,5-6,13H2,1-4H3/b12-9+. The fourth-order valence-corrected chi connectivity index (χ4v) is 5.08. The van der Waals surface area contributed by atoms with Crippen LogP contribution < -0.4 is 0 Å². The highest BCUT2D eigenvalue weighted by Crippen LogP contribution is 2.44. The van der Waals surface area contributed by atoms with E-state index < -0.39 is 0 Å². The topological polar surface area (TPSA) is 26.3 Å². The molecule has 0 radical (unpaired) electrons. The number of hydrogen-bond acceptors (Lipinski definition) is 3. The summed E-state index contributed by atoms with van der Waals surface area (Å²) in [4.78, 5) is 14.4. The maximum atomic E-state index is 11.5. The van der Waals surface area contributed by atoms with Gasteiger partial charge in [0.25, 0.3) is 0 Å². The van der Waals surface area contributed by atoms with Crippen molar-refractivity contribution in [1.29, 1.82) is 0 Å². The fraction of sp³-hybridized carbons (Fsp3) is 0.381. The van der Waals surface area contributed by atoms with Gasteiger partial charge in [0.2, 0.25) is 0 Å². The van der Waals surface area contributed by atoms with Gasteiger partial charge in [-0.25, -0.2) is 4.79 Å². The number of carbonyl (C=O) groups is 1. The van der Waals surface area contributed by atoms with Crippen molar-refractivity contribution in [1.82, 2.24) is 0 Å². The highest BCUT2D eigenvalue weighted by molar-refractivity contribution is 7.13. The molecule has 1 aromatic heterocycles. The van der Waals surface area contributed by atoms with Crippen molar-refractivity contribution >= 4 is 29.5 Å². The van der Waals surface area contributed by atoms with Crippen molar-refractivity contribution in [2.24, 2.45) is 0 Å². The second-order valence-corrected chi connectivity index (χ2v) is 8.21. The molecule has 3 rings (SSSR count). The maximum absolute atomic E-state index is 11.5. The van der Waals surface area contributed by atoms with Gasteiger partial charge in [-0.05, 0) is 66.5 Å². The molecule has 0 spiro atoms. The number of fused-ring (bicyclic) bond motifs is 1. The first-order chi connectivity index (χ1) is 11.4. The lowest BCUT2D eigenvalue weighted by Gasteiger charge is -2.31. The quantitative estimate of drug-likeness (QED) is 0.677. The SMILES string of the molecule is COC(=O)c1ccc(/C=C/c2sc3c(c2C)C(C)(C)CCC3)cc1. The van der Waals surface area contributed by atoms with Crippen LogP contribution in [0, 0.1) is 6.92 Å². The van der Waals surface area contributed by atoms with Crippen molar-refractivity contribution in [3.05, 3.63) is 56.3 Å². The lowest BCUT2D eigenvalue weighted by atomic mass is 9.74. The summed E-state index contributed by atoms with van der Waals surface area (Å²) in [5.41, 5.74) is 4.97. The van der Waals surface area contributed by atoms with Gasteiger partial charge in [-0.15, -0.1) is 11.3 Å². The lowest BCUT2D eigenvalue weighted by Crippen LogP contribution is -2.23. The number of ether oxygens (including phenoxy) is 1. The van der Waals surface area contributed by atoms with Gasteiger partial charge in [0.15, 0.2) is 0 Å². The molecule has 0 unspecified atom stereocenters. The third-order valence-electron chi connectivity index (χ3n) is 4.90. The predicted octanol–water partition coefficient (Wildman–Crippen LogP) is 5.63. The highest BCUT2D eigenvalue weighted by Gasteiger charge is 2.31. The Labute approximate surface area is 148 Å². The number of rotatable bonds is 3. The van der Waals surface area contributed by atoms with E-state index in [1.165, 1.54) is 36.8 Å². The molecule has 1 aromatic carbocycles. The Kier molecular flexibility index (Phi) is 4.64. The molecular weight excluding hydrogens is 316 g/mol. The molecule has 1 heterocycles. The maximum Gasteiger partial charge on any atom is 0.337 e. The Hall–Kier alpha value is -1.87. The van der Waals surface area contributed by atoms with Gasteiger partial charge < -0.3 is 4.74 Å². The van der Waals surface area contributed by atoms with E-state index in [-0.39, 0.29) is 5.97 Å². The zero-order valence-corrected chi connectivity index (χ0v) is 15.6. The summed E-state index contributed by atoms with van der Waals surface area (Å²) in [6.45, 7) is 6.98. The molecule has 0 saturated heterocycles. The summed E-state index contributed by atoms with van der Waals surface area (Å²) < 4.78 is 4.73. The first-order valence-electron chi connectivity index (χ1n) is 8.41. The first-order valence-corrected chi connectivity index (χ1v) is 9.23. The molecule has 0 aliphatic heterocycles. The van der Waals surface area contributed by atoms with Crippen molar-refractivity contribution in [2.75, 3.05) is 7.11 Å². The van der Waals surface area contributed by atoms with Crippen LogP contribution in [0.3, 0.4) is 0 Å². The number of carbonyl (C=O) groups excluding carboxylic acids is 1. The monoisotopic (exact) mass is 340 g/mol. The number of esters is 1. The van der Waals surface area contributed by atoms with E-state index in [9.17, 15) is 4.79 Å². The molecule has 0 N–H and O–H groups in total. The molecule has 2 nitrogen and oxygen atoms in total. The summed E-state index contributed by atoms with van der Waals surface area (Å²) in [5, 5.41) is 0. The van der Waals surface area contributed by atoms with Crippen LogP contribution in [-0.2, 0) is 16.6 Å². The molecule has 24 heavy (non-hydrogen) atoms. The van der Waals surface area contributed by atoms with Crippen LogP contribution in [0.5, 0.6) is 0 Å². The van der Waals surface area contributed by atoms with Crippen LogP contribution in [0.1, 0.15) is 63.5 Å². The van der Waals surface area contributed by atoms with E-state index >= 15 is 0 Å². The summed E-state index contributed by atoms with van der Waals surface area (Å²) in [5.74, 6) is -0.297. The largest absolute Gasteiger partial charge is 0.465 e. The van der Waals surface area contributed by atoms with E-state index in [4.69, 9.17) is 4.74 Å². The average Bonchev–Trinajstić information content (AvgIpc) is 2.90. The van der Waals surface area contributed by atoms with E-state index in [1.807, 2.05) is 23.5 Å². The van der Waals surface area contributed by atoms with Crippen molar-refractivity contribution in [3.8, 4) is 0 Å². The highest BCUT2D eigenvalue weighted by atomic mass is 32.1. The van der Waals surface area contributed by atoms with Gasteiger partial charge >= 0.3 is 5.97 Å². The number of methoxy groups -OCH3 is 1. The number of aryl methyl sites for hydroxylation is 1. The minimum atomic E-state index is -0.297. The molecule has 0 fully saturated rings. The molecular formula is C21H24O2S. The summed E-state index contributed by atoms with van der Waals surface area (Å²) in [6, 6.07) is 7.52. The first kappa shape index (κ1) is 17.0. The Morgan fingerprint density at radius 3 is 2.54 bits per heavy atom. The van der Waals surface area contributed by atoms with Gasteiger partial charge in [-0.3, -0.25) is 0 Å². The zero-order chi connectivity index (χ0) is 17.3. The van der Waals surface area contributed by atoms with Gasteiger partial charge in [-0.2, -0.15) is 0 Å². The zero-order valence-electron chi connectivity index (χ0n) is 14.8. The van der Waals surface area contributed by atoms with Crippen LogP contribution >= 0.6 is 11.3 Å². The molecule has 0 atom stereocenters. The number of hydrogen-bond donors (Lipinski definition) is 0. The smallest absolute Gasteiger partial charge is 0.337 e. The van der Waals surface area contributed by atoms with Gasteiger partial charge in [-0.1, -0.05) is 32.1 Å². The second-order valence-electron chi connectivity index (χ2n) is 7.07. The third-order valence-corrected chi connectivity index (χ3v) is 6.21. The van der Waals surface area contributed by atoms with E-state index in [0.29, 0.717) is 11.0 Å². The summed E-state index contributed by atoms with van der Waals surface area (Å²) in [6.07, 6.45) is 8.11. The Morgan fingerprint density at radius 2 is 1.92 bits per heavy atom. The van der Waals surface area contributed by atoms with Crippen LogP contribution in [0.2, 0.25) is 0 Å². The van der Waals surface area contributed by atoms with Crippen LogP contribution in [0.25, 0.3) is 12.2 Å². The molecule has 3 heteroatoms. The Balaban J connectivity index is 1.85. The molecule has 2 aromatic rings. The van der Waals surface area contributed by atoms with Crippen LogP contribution in [0.4, 0.5) is 0 Å². The Morgan fingerprint density at radius 1 is 1.21 bits per heavy atom. The van der Waals surface area contributed by atoms with Gasteiger partial charge in [0, 0.05) is 9.75 Å². The summed E-state index contributed by atoms with van der Waals surface area (Å²) in [7, 11) is 1.40. The van der Waals surface area contributed by atoms with Crippen LogP contribution in [0.15, 0.2) is 24.3 Å². The molecule has 0 bridgehead atoms. The van der Waals surface area contributed by atoms with E-state index in [1.54, 1.807) is 22.6 Å². The molecule has 0 saturated carbocycles. The van der Waals surface area contributed by atoms with E-state index in [0.717, 1.165) is 5.56 Å². The van der Waals surface area contributed by atoms with Crippen LogP contribution in [-0.4, -0.2) is 13.1 Å². The minimum Gasteiger partial charge on any atom is -0.465 e. The Bertz CT molecular complexity index is 779. The minimum absolute atomic E-state index is 0.294. The number of thiophene rings is 1.